The smallest absolute Gasteiger partial charge is 0.232 e. The van der Waals surface area contributed by atoms with Gasteiger partial charge in [0.25, 0.3) is 0 Å². The molecule has 6 heteroatoms. The number of ether oxygens (including phenoxy) is 2. The number of hydrogen-bond donors (Lipinski definition) is 1. The quantitative estimate of drug-likeness (QED) is 0.847. The molecule has 3 unspecified atom stereocenters. The van der Waals surface area contributed by atoms with Gasteiger partial charge in [-0.25, -0.2) is 0 Å². The summed E-state index contributed by atoms with van der Waals surface area (Å²) in [5, 5.41) is 3.96. The van der Waals surface area contributed by atoms with E-state index in [9.17, 15) is 0 Å². The van der Waals surface area contributed by atoms with Gasteiger partial charge >= 0.3 is 0 Å². The van der Waals surface area contributed by atoms with Crippen LogP contribution in [-0.4, -0.2) is 35.6 Å². The number of hydrogen-bond acceptors (Lipinski definition) is 6. The van der Waals surface area contributed by atoms with Crippen LogP contribution in [0.15, 0.2) is 4.52 Å². The lowest BCUT2D eigenvalue weighted by atomic mass is 10.00. The van der Waals surface area contributed by atoms with E-state index in [4.69, 9.17) is 19.7 Å². The van der Waals surface area contributed by atoms with Crippen molar-refractivity contribution >= 4 is 0 Å². The van der Waals surface area contributed by atoms with E-state index in [1.54, 1.807) is 0 Å². The Morgan fingerprint density at radius 3 is 2.95 bits per heavy atom. The van der Waals surface area contributed by atoms with Gasteiger partial charge in [0.05, 0.1) is 30.8 Å². The van der Waals surface area contributed by atoms with Crippen molar-refractivity contribution in [1.29, 1.82) is 0 Å². The predicted molar refractivity (Wildman–Crippen MR) is 69.7 cm³/mol. The second-order valence-corrected chi connectivity index (χ2v) is 5.19. The molecule has 3 atom stereocenters. The maximum atomic E-state index is 5.98. The standard InChI is InChI=1S/C13H23N3O3/c1-4-11-9(5-6-17-11)13-15-12(16-19-13)10(14)7-18-8(2)3/h8-11H,4-7,14H2,1-3H3. The lowest BCUT2D eigenvalue weighted by Gasteiger charge is -2.12. The lowest BCUT2D eigenvalue weighted by molar-refractivity contribution is 0.0665. The second-order valence-electron chi connectivity index (χ2n) is 5.19. The molecule has 2 heterocycles. The minimum absolute atomic E-state index is 0.144. The molecule has 1 aliphatic rings. The van der Waals surface area contributed by atoms with Gasteiger partial charge in [0.2, 0.25) is 5.89 Å². The number of nitrogens with zero attached hydrogens (tertiary/aromatic N) is 2. The highest BCUT2D eigenvalue weighted by atomic mass is 16.5. The van der Waals surface area contributed by atoms with E-state index in [2.05, 4.69) is 17.1 Å². The molecule has 0 radical (unpaired) electrons. The van der Waals surface area contributed by atoms with Gasteiger partial charge < -0.3 is 19.7 Å². The molecule has 108 valence electrons. The van der Waals surface area contributed by atoms with Gasteiger partial charge in [-0.3, -0.25) is 0 Å². The van der Waals surface area contributed by atoms with Crippen molar-refractivity contribution in [3.8, 4) is 0 Å². The first-order valence-corrected chi connectivity index (χ1v) is 6.94. The lowest BCUT2D eigenvalue weighted by Crippen LogP contribution is -2.21. The number of aromatic nitrogens is 2. The maximum absolute atomic E-state index is 5.98. The summed E-state index contributed by atoms with van der Waals surface area (Å²) in [6.07, 6.45) is 2.20. The fourth-order valence-corrected chi connectivity index (χ4v) is 2.25. The molecule has 1 aromatic heterocycles. The van der Waals surface area contributed by atoms with Crippen LogP contribution >= 0.6 is 0 Å². The number of nitrogens with two attached hydrogens (primary N) is 1. The summed E-state index contributed by atoms with van der Waals surface area (Å²) in [5.41, 5.74) is 5.98. The zero-order chi connectivity index (χ0) is 13.8. The Morgan fingerprint density at radius 2 is 2.26 bits per heavy atom. The molecule has 2 rings (SSSR count). The van der Waals surface area contributed by atoms with Gasteiger partial charge in [0.1, 0.15) is 0 Å². The average molecular weight is 269 g/mol. The van der Waals surface area contributed by atoms with E-state index in [1.165, 1.54) is 0 Å². The summed E-state index contributed by atoms with van der Waals surface area (Å²) in [5.74, 6) is 1.35. The van der Waals surface area contributed by atoms with Crippen LogP contribution in [0.3, 0.4) is 0 Å². The molecule has 0 aromatic carbocycles. The maximum Gasteiger partial charge on any atom is 0.232 e. The summed E-state index contributed by atoms with van der Waals surface area (Å²) in [7, 11) is 0. The van der Waals surface area contributed by atoms with Gasteiger partial charge in [-0.1, -0.05) is 12.1 Å². The van der Waals surface area contributed by atoms with Crippen molar-refractivity contribution < 1.29 is 14.0 Å². The first-order chi connectivity index (χ1) is 9.11. The van der Waals surface area contributed by atoms with Crippen molar-refractivity contribution in [3.05, 3.63) is 11.7 Å². The third kappa shape index (κ3) is 3.52. The van der Waals surface area contributed by atoms with Crippen LogP contribution in [0, 0.1) is 0 Å². The van der Waals surface area contributed by atoms with Crippen LogP contribution < -0.4 is 5.73 Å². The average Bonchev–Trinajstić information content (AvgIpc) is 3.03. The van der Waals surface area contributed by atoms with Crippen LogP contribution in [0.5, 0.6) is 0 Å². The summed E-state index contributed by atoms with van der Waals surface area (Å²) in [6.45, 7) is 7.19. The third-order valence-corrected chi connectivity index (χ3v) is 3.33. The van der Waals surface area contributed by atoms with Crippen LogP contribution in [0.2, 0.25) is 0 Å². The van der Waals surface area contributed by atoms with Gasteiger partial charge in [0, 0.05) is 6.61 Å². The molecule has 2 N–H and O–H groups in total. The molecule has 0 amide bonds. The van der Waals surface area contributed by atoms with E-state index in [0.717, 1.165) is 19.4 Å². The Kier molecular flexibility index (Phi) is 4.90. The Hall–Kier alpha value is -0.980. The van der Waals surface area contributed by atoms with Gasteiger partial charge in [-0.2, -0.15) is 4.98 Å². The zero-order valence-electron chi connectivity index (χ0n) is 11.8. The molecule has 0 aliphatic carbocycles. The number of rotatable bonds is 6. The minimum atomic E-state index is -0.345. The minimum Gasteiger partial charge on any atom is -0.377 e. The Morgan fingerprint density at radius 1 is 1.47 bits per heavy atom. The normalized spacial score (nSPS) is 25.1. The topological polar surface area (TPSA) is 83.4 Å². The van der Waals surface area contributed by atoms with Crippen molar-refractivity contribution in [2.45, 2.75) is 57.8 Å². The highest BCUT2D eigenvalue weighted by Crippen LogP contribution is 2.32. The molecular weight excluding hydrogens is 246 g/mol. The van der Waals surface area contributed by atoms with Crippen molar-refractivity contribution in [2.75, 3.05) is 13.2 Å². The molecule has 0 bridgehead atoms. The molecule has 1 aliphatic heterocycles. The van der Waals surface area contributed by atoms with Gasteiger partial charge in [-0.05, 0) is 26.7 Å². The molecule has 0 saturated carbocycles. The highest BCUT2D eigenvalue weighted by Gasteiger charge is 2.33. The fraction of sp³-hybridized carbons (Fsp3) is 0.846. The molecule has 1 saturated heterocycles. The van der Waals surface area contributed by atoms with Gasteiger partial charge in [-0.15, -0.1) is 0 Å². The summed E-state index contributed by atoms with van der Waals surface area (Å²) in [4.78, 5) is 4.41. The molecular formula is C13H23N3O3. The van der Waals surface area contributed by atoms with E-state index in [0.29, 0.717) is 18.3 Å². The van der Waals surface area contributed by atoms with Crippen LogP contribution in [0.25, 0.3) is 0 Å². The van der Waals surface area contributed by atoms with Crippen LogP contribution in [-0.2, 0) is 9.47 Å². The zero-order valence-corrected chi connectivity index (χ0v) is 11.8. The molecule has 1 fully saturated rings. The Bertz CT molecular complexity index is 394. The largest absolute Gasteiger partial charge is 0.377 e. The van der Waals surface area contributed by atoms with E-state index in [-0.39, 0.29) is 24.2 Å². The predicted octanol–water partition coefficient (Wildman–Crippen LogP) is 1.78. The molecule has 6 nitrogen and oxygen atoms in total. The summed E-state index contributed by atoms with van der Waals surface area (Å²) < 4.78 is 16.4. The van der Waals surface area contributed by atoms with E-state index >= 15 is 0 Å². The first kappa shape index (κ1) is 14.4. The van der Waals surface area contributed by atoms with E-state index < -0.39 is 0 Å². The Labute approximate surface area is 113 Å². The first-order valence-electron chi connectivity index (χ1n) is 6.94. The molecule has 1 aromatic rings. The molecule has 0 spiro atoms. The van der Waals surface area contributed by atoms with Crippen molar-refractivity contribution in [2.24, 2.45) is 5.73 Å². The highest BCUT2D eigenvalue weighted by molar-refractivity contribution is 5.02. The van der Waals surface area contributed by atoms with Gasteiger partial charge in [0.15, 0.2) is 5.82 Å². The van der Waals surface area contributed by atoms with Crippen molar-refractivity contribution in [1.82, 2.24) is 10.1 Å². The van der Waals surface area contributed by atoms with E-state index in [1.807, 2.05) is 13.8 Å². The fourth-order valence-electron chi connectivity index (χ4n) is 2.25. The van der Waals surface area contributed by atoms with Crippen LogP contribution in [0.1, 0.15) is 57.3 Å². The third-order valence-electron chi connectivity index (χ3n) is 3.33. The second kappa shape index (κ2) is 6.45. The monoisotopic (exact) mass is 269 g/mol. The Balaban J connectivity index is 1.98. The summed E-state index contributed by atoms with van der Waals surface area (Å²) >= 11 is 0. The summed E-state index contributed by atoms with van der Waals surface area (Å²) in [6, 6.07) is -0.345. The molecule has 19 heavy (non-hydrogen) atoms. The van der Waals surface area contributed by atoms with Crippen LogP contribution in [0.4, 0.5) is 0 Å². The SMILES string of the molecule is CCC1OCCC1c1nc(C(N)COC(C)C)no1. The van der Waals surface area contributed by atoms with Crippen molar-refractivity contribution in [3.63, 3.8) is 0 Å².